The van der Waals surface area contributed by atoms with Gasteiger partial charge in [0, 0.05) is 12.4 Å². The Morgan fingerprint density at radius 1 is 1.46 bits per heavy atom. The van der Waals surface area contributed by atoms with Gasteiger partial charge in [-0.05, 0) is 12.1 Å². The number of ether oxygens (including phenoxy) is 2. The second-order valence-corrected chi connectivity index (χ2v) is 2.05. The first-order valence-electron chi connectivity index (χ1n) is 3.47. The summed E-state index contributed by atoms with van der Waals surface area (Å²) < 4.78 is 8.73. The fraction of sp³-hybridized carbons (Fsp3) is 0.125. The van der Waals surface area contributed by atoms with Gasteiger partial charge in [-0.2, -0.15) is 0 Å². The van der Waals surface area contributed by atoms with Gasteiger partial charge < -0.3 is 9.47 Å². The summed E-state index contributed by atoms with van der Waals surface area (Å²) in [5.41, 5.74) is 0.365. The third-order valence-electron chi connectivity index (χ3n) is 1.24. The van der Waals surface area contributed by atoms with Crippen molar-refractivity contribution in [3.05, 3.63) is 30.1 Å². The lowest BCUT2D eigenvalue weighted by molar-refractivity contribution is -0.136. The minimum atomic E-state index is -0.552. The molecule has 0 unspecified atom stereocenters. The highest BCUT2D eigenvalue weighted by molar-refractivity contribution is 5.89. The summed E-state index contributed by atoms with van der Waals surface area (Å²) in [7, 11) is 0. The van der Waals surface area contributed by atoms with Gasteiger partial charge in [0.15, 0.2) is 0 Å². The van der Waals surface area contributed by atoms with E-state index < -0.39 is 5.97 Å². The lowest BCUT2D eigenvalue weighted by Crippen LogP contribution is -2.08. The molecule has 68 valence electrons. The summed E-state index contributed by atoms with van der Waals surface area (Å²) in [6.45, 7) is -0.162. The fourth-order valence-electron chi connectivity index (χ4n) is 0.687. The van der Waals surface area contributed by atoms with Gasteiger partial charge in [-0.15, -0.1) is 0 Å². The van der Waals surface area contributed by atoms with E-state index >= 15 is 0 Å². The molecule has 0 saturated carbocycles. The first kappa shape index (κ1) is 9.18. The summed E-state index contributed by atoms with van der Waals surface area (Å²) in [4.78, 5) is 24.5. The lowest BCUT2D eigenvalue weighted by atomic mass is 10.3. The number of hydrogen-bond donors (Lipinski definition) is 0. The van der Waals surface area contributed by atoms with Crippen molar-refractivity contribution in [2.75, 3.05) is 6.79 Å². The number of carbonyl (C=O) groups excluding carboxylic acids is 2. The summed E-state index contributed by atoms with van der Waals surface area (Å²) in [5.74, 6) is -0.552. The zero-order valence-corrected chi connectivity index (χ0v) is 6.67. The summed E-state index contributed by atoms with van der Waals surface area (Å²) in [6, 6.07) is 3.01. The molecule has 0 amide bonds. The van der Waals surface area contributed by atoms with Crippen molar-refractivity contribution < 1.29 is 19.1 Å². The van der Waals surface area contributed by atoms with Crippen LogP contribution in [0.2, 0.25) is 0 Å². The molecule has 0 aromatic carbocycles. The van der Waals surface area contributed by atoms with Gasteiger partial charge in [0.25, 0.3) is 6.47 Å². The molecule has 5 heteroatoms. The Bertz CT molecular complexity index is 285. The molecule has 0 aliphatic heterocycles. The molecule has 0 saturated heterocycles. The summed E-state index contributed by atoms with van der Waals surface area (Å²) in [6.07, 6.45) is 2.94. The van der Waals surface area contributed by atoms with Crippen LogP contribution in [0.5, 0.6) is 0 Å². The van der Waals surface area contributed by atoms with Crippen LogP contribution in [0.1, 0.15) is 10.4 Å². The van der Waals surface area contributed by atoms with Crippen LogP contribution in [0.4, 0.5) is 0 Å². The van der Waals surface area contributed by atoms with Gasteiger partial charge in [0.1, 0.15) is 0 Å². The van der Waals surface area contributed by atoms with Gasteiger partial charge in [-0.1, -0.05) is 0 Å². The van der Waals surface area contributed by atoms with Crippen molar-refractivity contribution in [3.8, 4) is 0 Å². The molecule has 0 radical (unpaired) electrons. The zero-order chi connectivity index (χ0) is 9.52. The zero-order valence-electron chi connectivity index (χ0n) is 6.67. The van der Waals surface area contributed by atoms with Crippen LogP contribution < -0.4 is 0 Å². The number of aromatic nitrogens is 1. The number of pyridine rings is 1. The molecule has 0 aliphatic carbocycles. The molecule has 0 aliphatic rings. The summed E-state index contributed by atoms with van der Waals surface area (Å²) in [5, 5.41) is 0. The molecule has 0 N–H and O–H groups in total. The summed E-state index contributed by atoms with van der Waals surface area (Å²) >= 11 is 0. The maximum absolute atomic E-state index is 11.1. The predicted octanol–water partition coefficient (Wildman–Crippen LogP) is 0.369. The number of nitrogens with zero attached hydrogens (tertiary/aromatic N) is 1. The van der Waals surface area contributed by atoms with E-state index in [0.29, 0.717) is 5.56 Å². The Kier molecular flexibility index (Phi) is 3.44. The Balaban J connectivity index is 2.45. The Hall–Kier alpha value is -1.91. The van der Waals surface area contributed by atoms with Crippen LogP contribution in [0, 0.1) is 0 Å². The van der Waals surface area contributed by atoms with E-state index in [2.05, 4.69) is 14.5 Å². The van der Waals surface area contributed by atoms with E-state index in [1.54, 1.807) is 0 Å². The minimum Gasteiger partial charge on any atom is -0.430 e. The van der Waals surface area contributed by atoms with Gasteiger partial charge >= 0.3 is 5.97 Å². The topological polar surface area (TPSA) is 65.5 Å². The van der Waals surface area contributed by atoms with E-state index in [0.717, 1.165) is 0 Å². The quantitative estimate of drug-likeness (QED) is 0.290. The predicted molar refractivity (Wildman–Crippen MR) is 41.7 cm³/mol. The first-order chi connectivity index (χ1) is 6.34. The third kappa shape index (κ3) is 2.90. The van der Waals surface area contributed by atoms with Gasteiger partial charge in [-0.3, -0.25) is 9.78 Å². The monoisotopic (exact) mass is 181 g/mol. The highest BCUT2D eigenvalue weighted by Crippen LogP contribution is 1.98. The second-order valence-electron chi connectivity index (χ2n) is 2.05. The fourth-order valence-corrected chi connectivity index (χ4v) is 0.687. The SMILES string of the molecule is O=COCOC(=O)c1ccncc1. The minimum absolute atomic E-state index is 0.208. The molecule has 0 spiro atoms. The average molecular weight is 181 g/mol. The number of rotatable bonds is 4. The van der Waals surface area contributed by atoms with Crippen LogP contribution in [-0.4, -0.2) is 24.2 Å². The standard InChI is InChI=1S/C8H7NO4/c10-5-12-6-13-8(11)7-1-3-9-4-2-7/h1-5H,6H2. The van der Waals surface area contributed by atoms with Gasteiger partial charge in [-0.25, -0.2) is 4.79 Å². The van der Waals surface area contributed by atoms with Crippen LogP contribution >= 0.6 is 0 Å². The number of esters is 1. The van der Waals surface area contributed by atoms with Gasteiger partial charge in [0.2, 0.25) is 6.79 Å². The molecule has 13 heavy (non-hydrogen) atoms. The van der Waals surface area contributed by atoms with Crippen molar-refractivity contribution in [3.63, 3.8) is 0 Å². The van der Waals surface area contributed by atoms with E-state index in [1.165, 1.54) is 24.5 Å². The lowest BCUT2D eigenvalue weighted by Gasteiger charge is -2.01. The molecular formula is C8H7NO4. The van der Waals surface area contributed by atoms with E-state index in [4.69, 9.17) is 0 Å². The van der Waals surface area contributed by atoms with Crippen LogP contribution in [0.3, 0.4) is 0 Å². The van der Waals surface area contributed by atoms with Crippen molar-refractivity contribution in [2.45, 2.75) is 0 Å². The molecule has 1 rings (SSSR count). The van der Waals surface area contributed by atoms with Crippen molar-refractivity contribution in [1.82, 2.24) is 4.98 Å². The Morgan fingerprint density at radius 2 is 2.15 bits per heavy atom. The van der Waals surface area contributed by atoms with Crippen LogP contribution in [-0.2, 0) is 14.3 Å². The van der Waals surface area contributed by atoms with E-state index in [1.807, 2.05) is 0 Å². The van der Waals surface area contributed by atoms with E-state index in [9.17, 15) is 9.59 Å². The Morgan fingerprint density at radius 3 is 2.77 bits per heavy atom. The average Bonchev–Trinajstić information content (AvgIpc) is 2.19. The van der Waals surface area contributed by atoms with E-state index in [-0.39, 0.29) is 13.3 Å². The highest BCUT2D eigenvalue weighted by atomic mass is 16.7. The van der Waals surface area contributed by atoms with Crippen molar-refractivity contribution in [2.24, 2.45) is 0 Å². The maximum atomic E-state index is 11.1. The smallest absolute Gasteiger partial charge is 0.341 e. The Labute approximate surface area is 74.3 Å². The number of carbonyl (C=O) groups is 2. The molecule has 0 fully saturated rings. The number of hydrogen-bond acceptors (Lipinski definition) is 5. The molecule has 5 nitrogen and oxygen atoms in total. The molecule has 1 heterocycles. The molecule has 0 atom stereocenters. The van der Waals surface area contributed by atoms with Crippen LogP contribution in [0.15, 0.2) is 24.5 Å². The largest absolute Gasteiger partial charge is 0.430 e. The third-order valence-corrected chi connectivity index (χ3v) is 1.24. The van der Waals surface area contributed by atoms with Crippen LogP contribution in [0.25, 0.3) is 0 Å². The molecule has 1 aromatic rings. The molecular weight excluding hydrogens is 174 g/mol. The van der Waals surface area contributed by atoms with Crippen molar-refractivity contribution in [1.29, 1.82) is 0 Å². The molecule has 0 bridgehead atoms. The second kappa shape index (κ2) is 4.87. The highest BCUT2D eigenvalue weighted by Gasteiger charge is 2.04. The van der Waals surface area contributed by atoms with Crippen molar-refractivity contribution >= 4 is 12.4 Å². The normalized spacial score (nSPS) is 8.92. The van der Waals surface area contributed by atoms with Gasteiger partial charge in [0.05, 0.1) is 5.56 Å². The maximum Gasteiger partial charge on any atom is 0.341 e. The first-order valence-corrected chi connectivity index (χ1v) is 3.47. The molecule has 1 aromatic heterocycles.